The molecule has 3 rings (SSSR count). The van der Waals surface area contributed by atoms with Crippen LogP contribution in [0, 0.1) is 0 Å². The number of amides is 1. The molecule has 0 spiro atoms. The van der Waals surface area contributed by atoms with Gasteiger partial charge in [-0.1, -0.05) is 13.3 Å². The average Bonchev–Trinajstić information content (AvgIpc) is 2.68. The smallest absolute Gasteiger partial charge is 0.253 e. The summed E-state index contributed by atoms with van der Waals surface area (Å²) in [5.74, 6) is 0.00746. The zero-order valence-electron chi connectivity index (χ0n) is 15.0. The predicted molar refractivity (Wildman–Crippen MR) is 98.0 cm³/mol. The first kappa shape index (κ1) is 18.4. The van der Waals surface area contributed by atoms with E-state index in [0.717, 1.165) is 51.6 Å². The number of carbonyl (C=O) groups is 1. The first-order chi connectivity index (χ1) is 12.0. The normalized spacial score (nSPS) is 22.8. The van der Waals surface area contributed by atoms with Gasteiger partial charge in [-0.25, -0.2) is 8.42 Å². The Morgan fingerprint density at radius 1 is 1.00 bits per heavy atom. The number of benzene rings is 1. The Balaban J connectivity index is 1.77. The molecule has 1 amide bonds. The van der Waals surface area contributed by atoms with Crippen LogP contribution in [0.3, 0.4) is 0 Å². The Hall–Kier alpha value is -1.40. The van der Waals surface area contributed by atoms with Crippen LogP contribution in [0.25, 0.3) is 0 Å². The Labute approximate surface area is 151 Å². The fourth-order valence-corrected chi connectivity index (χ4v) is 5.65. The van der Waals surface area contributed by atoms with Gasteiger partial charge in [0, 0.05) is 31.2 Å². The second-order valence-corrected chi connectivity index (χ2v) is 8.94. The van der Waals surface area contributed by atoms with Gasteiger partial charge in [0.15, 0.2) is 0 Å². The highest BCUT2D eigenvalue weighted by molar-refractivity contribution is 7.89. The largest absolute Gasteiger partial charge is 0.339 e. The maximum absolute atomic E-state index is 13.0. The van der Waals surface area contributed by atoms with Crippen molar-refractivity contribution in [3.8, 4) is 0 Å². The van der Waals surface area contributed by atoms with Crippen LogP contribution in [-0.4, -0.2) is 49.2 Å². The van der Waals surface area contributed by atoms with E-state index in [2.05, 4.69) is 0 Å². The lowest BCUT2D eigenvalue weighted by Gasteiger charge is -2.34. The number of nitrogens with zero attached hydrogens (tertiary/aromatic N) is 2. The Morgan fingerprint density at radius 2 is 1.64 bits per heavy atom. The van der Waals surface area contributed by atoms with Crippen molar-refractivity contribution in [2.45, 2.75) is 62.8 Å². The minimum absolute atomic E-state index is 0.00746. The van der Waals surface area contributed by atoms with E-state index in [-0.39, 0.29) is 11.9 Å². The molecule has 2 aliphatic heterocycles. The lowest BCUT2D eigenvalue weighted by Crippen LogP contribution is -2.43. The maximum Gasteiger partial charge on any atom is 0.253 e. The van der Waals surface area contributed by atoms with Crippen molar-refractivity contribution in [2.24, 2.45) is 0 Å². The average molecular weight is 365 g/mol. The highest BCUT2D eigenvalue weighted by Gasteiger charge is 2.32. The molecule has 25 heavy (non-hydrogen) atoms. The summed E-state index contributed by atoms with van der Waals surface area (Å²) < 4.78 is 27.6. The molecule has 2 aliphatic rings. The Morgan fingerprint density at radius 3 is 2.28 bits per heavy atom. The van der Waals surface area contributed by atoms with Gasteiger partial charge in [0.25, 0.3) is 5.91 Å². The summed E-state index contributed by atoms with van der Waals surface area (Å²) >= 11 is 0. The van der Waals surface area contributed by atoms with Gasteiger partial charge in [0.05, 0.1) is 4.90 Å². The molecule has 2 fully saturated rings. The van der Waals surface area contributed by atoms with Gasteiger partial charge in [-0.3, -0.25) is 4.79 Å². The molecular weight excluding hydrogens is 336 g/mol. The molecule has 0 aromatic heterocycles. The first-order valence-corrected chi connectivity index (χ1v) is 10.9. The fourth-order valence-electron chi connectivity index (χ4n) is 3.88. The molecule has 6 heteroatoms. The lowest BCUT2D eigenvalue weighted by atomic mass is 10.0. The molecule has 0 bridgehead atoms. The number of hydrogen-bond acceptors (Lipinski definition) is 3. The Bertz CT molecular complexity index is 694. The van der Waals surface area contributed by atoms with Crippen LogP contribution in [0.2, 0.25) is 0 Å². The second kappa shape index (κ2) is 7.87. The van der Waals surface area contributed by atoms with E-state index < -0.39 is 10.0 Å². The summed E-state index contributed by atoms with van der Waals surface area (Å²) in [6.07, 6.45) is 7.05. The van der Waals surface area contributed by atoms with Crippen LogP contribution in [0.5, 0.6) is 0 Å². The zero-order chi connectivity index (χ0) is 17.9. The fraction of sp³-hybridized carbons (Fsp3) is 0.632. The third-order valence-corrected chi connectivity index (χ3v) is 7.36. The van der Waals surface area contributed by atoms with Crippen molar-refractivity contribution < 1.29 is 13.2 Å². The van der Waals surface area contributed by atoms with Gasteiger partial charge in [-0.2, -0.15) is 4.31 Å². The molecule has 1 unspecified atom stereocenters. The minimum atomic E-state index is -3.48. The quantitative estimate of drug-likeness (QED) is 0.824. The lowest BCUT2D eigenvalue weighted by molar-refractivity contribution is 0.0724. The van der Waals surface area contributed by atoms with Gasteiger partial charge in [0.2, 0.25) is 10.0 Å². The van der Waals surface area contributed by atoms with Gasteiger partial charge in [-0.15, -0.1) is 0 Å². The van der Waals surface area contributed by atoms with Gasteiger partial charge >= 0.3 is 0 Å². The topological polar surface area (TPSA) is 57.7 Å². The van der Waals surface area contributed by atoms with E-state index in [1.54, 1.807) is 28.6 Å². The van der Waals surface area contributed by atoms with Crippen molar-refractivity contribution in [1.29, 1.82) is 0 Å². The summed E-state index contributed by atoms with van der Waals surface area (Å²) in [5.41, 5.74) is 0.575. The number of piperidine rings is 2. The summed E-state index contributed by atoms with van der Waals surface area (Å²) in [6, 6.07) is 6.60. The molecule has 1 aromatic carbocycles. The van der Waals surface area contributed by atoms with Crippen LogP contribution < -0.4 is 0 Å². The third kappa shape index (κ3) is 3.90. The number of hydrogen-bond donors (Lipinski definition) is 0. The molecule has 0 N–H and O–H groups in total. The first-order valence-electron chi connectivity index (χ1n) is 9.45. The highest BCUT2D eigenvalue weighted by Crippen LogP contribution is 2.27. The van der Waals surface area contributed by atoms with Crippen molar-refractivity contribution in [1.82, 2.24) is 9.21 Å². The SMILES string of the molecule is CCC1CCCCN1S(=O)(=O)c1ccc(C(=O)N2CCCCC2)cc1. The Kier molecular flexibility index (Phi) is 5.79. The molecule has 138 valence electrons. The van der Waals surface area contributed by atoms with Crippen LogP contribution in [0.4, 0.5) is 0 Å². The van der Waals surface area contributed by atoms with E-state index in [9.17, 15) is 13.2 Å². The van der Waals surface area contributed by atoms with Gasteiger partial charge in [-0.05, 0) is 62.8 Å². The van der Waals surface area contributed by atoms with Crippen LogP contribution in [0.1, 0.15) is 62.2 Å². The number of likely N-dealkylation sites (tertiary alicyclic amines) is 1. The van der Waals surface area contributed by atoms with Crippen molar-refractivity contribution >= 4 is 15.9 Å². The van der Waals surface area contributed by atoms with Gasteiger partial charge in [0.1, 0.15) is 0 Å². The molecule has 0 aliphatic carbocycles. The molecule has 0 radical (unpaired) electrons. The van der Waals surface area contributed by atoms with Crippen molar-refractivity contribution in [3.63, 3.8) is 0 Å². The van der Waals surface area contributed by atoms with E-state index in [0.29, 0.717) is 17.0 Å². The summed E-state index contributed by atoms with van der Waals surface area (Å²) in [6.45, 7) is 4.23. The zero-order valence-corrected chi connectivity index (χ0v) is 15.8. The summed E-state index contributed by atoms with van der Waals surface area (Å²) in [5, 5.41) is 0. The van der Waals surface area contributed by atoms with Crippen molar-refractivity contribution in [2.75, 3.05) is 19.6 Å². The molecule has 2 heterocycles. The second-order valence-electron chi connectivity index (χ2n) is 7.05. The maximum atomic E-state index is 13.0. The molecule has 0 saturated carbocycles. The van der Waals surface area contributed by atoms with E-state index in [1.807, 2.05) is 11.8 Å². The van der Waals surface area contributed by atoms with E-state index >= 15 is 0 Å². The van der Waals surface area contributed by atoms with Crippen LogP contribution in [-0.2, 0) is 10.0 Å². The van der Waals surface area contributed by atoms with Crippen LogP contribution >= 0.6 is 0 Å². The molecule has 5 nitrogen and oxygen atoms in total. The third-order valence-electron chi connectivity index (χ3n) is 5.40. The highest BCUT2D eigenvalue weighted by atomic mass is 32.2. The molecular formula is C19H28N2O3S. The number of sulfonamides is 1. The molecule has 1 aromatic rings. The number of rotatable bonds is 4. The van der Waals surface area contributed by atoms with Crippen molar-refractivity contribution in [3.05, 3.63) is 29.8 Å². The van der Waals surface area contributed by atoms with E-state index in [4.69, 9.17) is 0 Å². The molecule has 1 atom stereocenters. The van der Waals surface area contributed by atoms with Gasteiger partial charge < -0.3 is 4.90 Å². The summed E-state index contributed by atoms with van der Waals surface area (Å²) in [4.78, 5) is 14.7. The summed E-state index contributed by atoms with van der Waals surface area (Å²) in [7, 11) is -3.48. The molecule has 2 saturated heterocycles. The van der Waals surface area contributed by atoms with Crippen LogP contribution in [0.15, 0.2) is 29.2 Å². The minimum Gasteiger partial charge on any atom is -0.339 e. The predicted octanol–water partition coefficient (Wildman–Crippen LogP) is 3.27. The van der Waals surface area contributed by atoms with E-state index in [1.165, 1.54) is 6.42 Å². The monoisotopic (exact) mass is 364 g/mol. The standard InChI is InChI=1S/C19H28N2O3S/c1-2-17-8-4-7-15-21(17)25(23,24)18-11-9-16(10-12-18)19(22)20-13-5-3-6-14-20/h9-12,17H,2-8,13-15H2,1H3. The number of carbonyl (C=O) groups excluding carboxylic acids is 1.